The number of hydrogen-bond donors (Lipinski definition) is 0. The van der Waals surface area contributed by atoms with Crippen molar-refractivity contribution in [1.82, 2.24) is 15.0 Å². The highest BCUT2D eigenvalue weighted by molar-refractivity contribution is 5.72. The third-order valence-corrected chi connectivity index (χ3v) is 4.08. The lowest BCUT2D eigenvalue weighted by molar-refractivity contribution is -0.274. The number of nitrogens with zero attached hydrogens (tertiary/aromatic N) is 3. The number of oxazole rings is 1. The van der Waals surface area contributed by atoms with E-state index in [-0.39, 0.29) is 29.1 Å². The van der Waals surface area contributed by atoms with Crippen molar-refractivity contribution in [3.05, 3.63) is 53.7 Å². The highest BCUT2D eigenvalue weighted by Crippen LogP contribution is 2.32. The Morgan fingerprint density at radius 1 is 1.00 bits per heavy atom. The molecule has 7 nitrogen and oxygen atoms in total. The standard InChI is InChI=1S/C20H13F3N3O4/c1-10-6-12(7-11(2)16(10)27)17-25-15-9-24-19(26-18(15)29-17)28-13-4-3-5-14(8-13)30-20(21,22)23/h3-9H,1-2H3. The first-order chi connectivity index (χ1) is 14.2. The molecular formula is C20H13F3N3O4. The van der Waals surface area contributed by atoms with Gasteiger partial charge in [-0.25, -0.2) is 9.97 Å². The Hall–Kier alpha value is -3.82. The predicted octanol–water partition coefficient (Wildman–Crippen LogP) is 5.74. The Morgan fingerprint density at radius 2 is 1.70 bits per heavy atom. The molecule has 0 aliphatic rings. The lowest BCUT2D eigenvalue weighted by atomic mass is 10.1. The highest BCUT2D eigenvalue weighted by atomic mass is 19.4. The summed E-state index contributed by atoms with van der Waals surface area (Å²) in [6, 6.07) is 8.16. The van der Waals surface area contributed by atoms with Crippen LogP contribution < -0.4 is 9.47 Å². The van der Waals surface area contributed by atoms with E-state index in [2.05, 4.69) is 19.7 Å². The van der Waals surface area contributed by atoms with Gasteiger partial charge in [0, 0.05) is 11.6 Å². The molecule has 0 aliphatic carbocycles. The number of alkyl halides is 3. The Morgan fingerprint density at radius 3 is 2.40 bits per heavy atom. The maximum absolute atomic E-state index is 12.4. The van der Waals surface area contributed by atoms with Gasteiger partial charge in [-0.2, -0.15) is 4.98 Å². The zero-order chi connectivity index (χ0) is 21.5. The number of aromatic nitrogens is 3. The Bertz CT molecular complexity index is 1210. The van der Waals surface area contributed by atoms with Crippen molar-refractivity contribution in [2.75, 3.05) is 0 Å². The number of halogens is 3. The van der Waals surface area contributed by atoms with Crippen LogP contribution in [0.2, 0.25) is 0 Å². The first-order valence-electron chi connectivity index (χ1n) is 8.64. The van der Waals surface area contributed by atoms with Gasteiger partial charge in [0.15, 0.2) is 5.75 Å². The van der Waals surface area contributed by atoms with Crippen molar-refractivity contribution < 1.29 is 32.2 Å². The smallest absolute Gasteiger partial charge is 0.424 e. The summed E-state index contributed by atoms with van der Waals surface area (Å²) < 4.78 is 52.0. The molecule has 0 unspecified atom stereocenters. The third-order valence-electron chi connectivity index (χ3n) is 4.08. The van der Waals surface area contributed by atoms with Crippen LogP contribution in [0, 0.1) is 13.8 Å². The molecule has 0 N–H and O–H groups in total. The van der Waals surface area contributed by atoms with Crippen molar-refractivity contribution in [3.8, 4) is 34.7 Å². The van der Waals surface area contributed by atoms with Crippen LogP contribution in [-0.2, 0) is 5.11 Å². The van der Waals surface area contributed by atoms with Crippen LogP contribution in [-0.4, -0.2) is 21.3 Å². The molecule has 2 aromatic carbocycles. The predicted molar refractivity (Wildman–Crippen MR) is 97.8 cm³/mol. The summed E-state index contributed by atoms with van der Waals surface area (Å²) in [7, 11) is 0. The SMILES string of the molecule is Cc1cc(-c2nc3cnc(Oc4cccc(OC(F)(F)F)c4)nc3o2)cc(C)c1[O]. The molecule has 0 bridgehead atoms. The highest BCUT2D eigenvalue weighted by Gasteiger charge is 2.31. The molecule has 4 rings (SSSR count). The second-order valence-electron chi connectivity index (χ2n) is 6.43. The van der Waals surface area contributed by atoms with Crippen molar-refractivity contribution in [2.45, 2.75) is 20.2 Å². The van der Waals surface area contributed by atoms with E-state index in [9.17, 15) is 18.3 Å². The number of benzene rings is 2. The minimum absolute atomic E-state index is 0.0492. The third kappa shape index (κ3) is 4.12. The van der Waals surface area contributed by atoms with Gasteiger partial charge in [-0.15, -0.1) is 13.2 Å². The summed E-state index contributed by atoms with van der Waals surface area (Å²) in [6.07, 6.45) is -3.45. The normalized spacial score (nSPS) is 11.6. The van der Waals surface area contributed by atoms with Crippen LogP contribution in [0.5, 0.6) is 23.3 Å². The lowest BCUT2D eigenvalue weighted by Crippen LogP contribution is -2.17. The van der Waals surface area contributed by atoms with Gasteiger partial charge in [-0.1, -0.05) is 6.07 Å². The average molecular weight is 416 g/mol. The van der Waals surface area contributed by atoms with Crippen molar-refractivity contribution in [1.29, 1.82) is 0 Å². The molecule has 0 saturated heterocycles. The quantitative estimate of drug-likeness (QED) is 0.422. The fraction of sp³-hybridized carbons (Fsp3) is 0.150. The fourth-order valence-corrected chi connectivity index (χ4v) is 2.81. The lowest BCUT2D eigenvalue weighted by Gasteiger charge is -2.09. The maximum atomic E-state index is 12.4. The van der Waals surface area contributed by atoms with E-state index in [1.54, 1.807) is 26.0 Å². The van der Waals surface area contributed by atoms with E-state index >= 15 is 0 Å². The molecule has 2 heterocycles. The molecule has 153 valence electrons. The molecule has 2 aromatic heterocycles. The van der Waals surface area contributed by atoms with Crippen LogP contribution >= 0.6 is 0 Å². The molecule has 0 aliphatic heterocycles. The van der Waals surface area contributed by atoms with Crippen molar-refractivity contribution in [2.24, 2.45) is 0 Å². The Balaban J connectivity index is 1.61. The fourth-order valence-electron chi connectivity index (χ4n) is 2.81. The summed E-state index contributed by atoms with van der Waals surface area (Å²) in [5.74, 6) is -0.186. The topological polar surface area (TPSA) is 90.2 Å². The average Bonchev–Trinajstić information content (AvgIpc) is 3.08. The molecule has 1 radical (unpaired) electrons. The first kappa shape index (κ1) is 19.5. The zero-order valence-corrected chi connectivity index (χ0v) is 15.6. The van der Waals surface area contributed by atoms with Gasteiger partial charge in [0.25, 0.3) is 5.71 Å². The molecule has 0 spiro atoms. The van der Waals surface area contributed by atoms with Crippen LogP contribution in [0.15, 0.2) is 47.0 Å². The van der Waals surface area contributed by atoms with Gasteiger partial charge in [-0.05, 0) is 49.2 Å². The van der Waals surface area contributed by atoms with Crippen LogP contribution in [0.1, 0.15) is 11.1 Å². The van der Waals surface area contributed by atoms with Crippen LogP contribution in [0.25, 0.3) is 22.7 Å². The number of hydrogen-bond acceptors (Lipinski definition) is 6. The monoisotopic (exact) mass is 416 g/mol. The minimum Gasteiger partial charge on any atom is -0.424 e. The minimum atomic E-state index is -4.81. The zero-order valence-electron chi connectivity index (χ0n) is 15.6. The molecule has 0 atom stereocenters. The summed E-state index contributed by atoms with van der Waals surface area (Å²) in [5, 5.41) is 11.9. The first-order valence-corrected chi connectivity index (χ1v) is 8.64. The summed E-state index contributed by atoms with van der Waals surface area (Å²) in [4.78, 5) is 12.4. The number of aryl methyl sites for hydroxylation is 2. The summed E-state index contributed by atoms with van der Waals surface area (Å²) in [6.45, 7) is 3.40. The van der Waals surface area contributed by atoms with Crippen molar-refractivity contribution in [3.63, 3.8) is 0 Å². The van der Waals surface area contributed by atoms with Gasteiger partial charge >= 0.3 is 12.4 Å². The van der Waals surface area contributed by atoms with Gasteiger partial charge in [0.05, 0.1) is 6.20 Å². The summed E-state index contributed by atoms with van der Waals surface area (Å²) in [5.41, 5.74) is 2.21. The summed E-state index contributed by atoms with van der Waals surface area (Å²) >= 11 is 0. The van der Waals surface area contributed by atoms with Crippen molar-refractivity contribution >= 4 is 11.2 Å². The van der Waals surface area contributed by atoms with E-state index in [1.165, 1.54) is 18.3 Å². The molecule has 0 saturated carbocycles. The van der Waals surface area contributed by atoms with Crippen LogP contribution in [0.3, 0.4) is 0 Å². The molecule has 0 fully saturated rings. The number of fused-ring (bicyclic) bond motifs is 1. The number of ether oxygens (including phenoxy) is 2. The van der Waals surface area contributed by atoms with E-state index in [1.807, 2.05) is 0 Å². The molecule has 0 amide bonds. The van der Waals surface area contributed by atoms with E-state index in [0.29, 0.717) is 22.2 Å². The van der Waals surface area contributed by atoms with E-state index in [4.69, 9.17) is 9.15 Å². The van der Waals surface area contributed by atoms with Crippen LogP contribution in [0.4, 0.5) is 13.2 Å². The molecule has 30 heavy (non-hydrogen) atoms. The number of rotatable bonds is 4. The van der Waals surface area contributed by atoms with Gasteiger partial charge < -0.3 is 13.9 Å². The van der Waals surface area contributed by atoms with E-state index in [0.717, 1.165) is 12.1 Å². The molecule has 10 heteroatoms. The van der Waals surface area contributed by atoms with Gasteiger partial charge in [-0.3, -0.25) is 5.11 Å². The second kappa shape index (κ2) is 7.21. The second-order valence-corrected chi connectivity index (χ2v) is 6.43. The Labute approximate surface area is 167 Å². The molecular weight excluding hydrogens is 403 g/mol. The maximum Gasteiger partial charge on any atom is 0.573 e. The Kier molecular flexibility index (Phi) is 4.69. The van der Waals surface area contributed by atoms with E-state index < -0.39 is 12.1 Å². The molecule has 4 aromatic rings. The largest absolute Gasteiger partial charge is 0.573 e. The van der Waals surface area contributed by atoms with Gasteiger partial charge in [0.1, 0.15) is 17.0 Å². The van der Waals surface area contributed by atoms with Gasteiger partial charge in [0.2, 0.25) is 5.89 Å².